The van der Waals surface area contributed by atoms with Crippen molar-refractivity contribution in [2.45, 2.75) is 26.3 Å². The first-order valence-electron chi connectivity index (χ1n) is 5.19. The summed E-state index contributed by atoms with van der Waals surface area (Å²) in [5.41, 5.74) is 0. The fourth-order valence-corrected chi connectivity index (χ4v) is 3.63. The molecule has 90 valence electrons. The van der Waals surface area contributed by atoms with E-state index in [9.17, 15) is 9.00 Å². The quantitative estimate of drug-likeness (QED) is 0.645. The molecule has 0 atom stereocenters. The molecule has 0 bridgehead atoms. The van der Waals surface area contributed by atoms with Crippen LogP contribution in [-0.2, 0) is 19.8 Å². The van der Waals surface area contributed by atoms with Gasteiger partial charge < -0.3 is 4.74 Å². The Labute approximate surface area is 91.9 Å². The molecule has 1 aliphatic heterocycles. The molecule has 5 nitrogen and oxygen atoms in total. The van der Waals surface area contributed by atoms with Crippen molar-refractivity contribution in [2.75, 3.05) is 26.0 Å². The van der Waals surface area contributed by atoms with Crippen LogP contribution in [0.4, 0.5) is 0 Å². The normalized spacial score (nSPS) is 18.3. The lowest BCUT2D eigenvalue weighted by Crippen LogP contribution is -2.57. The fourth-order valence-electron chi connectivity index (χ4n) is 1.55. The molecule has 15 heavy (non-hydrogen) atoms. The Kier molecular flexibility index (Phi) is 4.24. The Morgan fingerprint density at radius 3 is 2.53 bits per heavy atom. The molecule has 0 aliphatic carbocycles. The molecule has 0 aromatic rings. The van der Waals surface area contributed by atoms with Crippen LogP contribution in [0.15, 0.2) is 0 Å². The number of carbonyl (C=O) groups excluding carboxylic acids is 1. The molecular weight excluding hydrogens is 216 g/mol. The van der Waals surface area contributed by atoms with Crippen molar-refractivity contribution in [1.29, 1.82) is 0 Å². The van der Waals surface area contributed by atoms with Crippen LogP contribution in [0.2, 0.25) is 0 Å². The average Bonchev–Trinajstić information content (AvgIpc) is 2.07. The highest BCUT2D eigenvalue weighted by atomic mass is 32.3. The molecule has 1 fully saturated rings. The standard InChI is InChI=1S/C9H20N2O3S/c1-4-5-11(8(2)12)15(3,13)10-9-6-14-7-9/h9,15H,4-7H2,1-3H3,(H,10,13). The molecule has 0 aromatic carbocycles. The monoisotopic (exact) mass is 236 g/mol. The van der Waals surface area contributed by atoms with Crippen molar-refractivity contribution < 1.29 is 13.7 Å². The first kappa shape index (κ1) is 12.6. The van der Waals surface area contributed by atoms with Gasteiger partial charge in [-0.3, -0.25) is 13.3 Å². The minimum Gasteiger partial charge on any atom is -0.378 e. The van der Waals surface area contributed by atoms with Gasteiger partial charge in [-0.1, -0.05) is 6.92 Å². The number of nitrogens with zero attached hydrogens (tertiary/aromatic N) is 1. The lowest BCUT2D eigenvalue weighted by molar-refractivity contribution is -0.124. The SMILES string of the molecule is CCCN(C(C)=O)[SH](C)(=O)NC1COC1. The number of rotatable bonds is 5. The van der Waals surface area contributed by atoms with Crippen molar-refractivity contribution in [3.63, 3.8) is 0 Å². The van der Waals surface area contributed by atoms with Crippen LogP contribution in [0.5, 0.6) is 0 Å². The minimum absolute atomic E-state index is 0.125. The molecule has 1 aliphatic rings. The van der Waals surface area contributed by atoms with E-state index in [1.807, 2.05) is 6.92 Å². The van der Waals surface area contributed by atoms with Gasteiger partial charge in [0.2, 0.25) is 5.91 Å². The van der Waals surface area contributed by atoms with Crippen LogP contribution in [0.1, 0.15) is 20.3 Å². The summed E-state index contributed by atoms with van der Waals surface area (Å²) in [5.74, 6) is -0.143. The van der Waals surface area contributed by atoms with Gasteiger partial charge in [0.1, 0.15) is 0 Å². The van der Waals surface area contributed by atoms with E-state index in [4.69, 9.17) is 4.74 Å². The minimum atomic E-state index is -2.74. The zero-order valence-electron chi connectivity index (χ0n) is 9.52. The molecule has 0 saturated carbocycles. The zero-order valence-corrected chi connectivity index (χ0v) is 10.4. The average molecular weight is 236 g/mol. The second-order valence-electron chi connectivity index (χ2n) is 3.88. The molecule has 1 heterocycles. The molecule has 1 N–H and O–H groups in total. The first-order chi connectivity index (χ1) is 6.97. The Bertz CT molecular complexity index is 279. The molecule has 1 rings (SSSR count). The summed E-state index contributed by atoms with van der Waals surface area (Å²) in [6.45, 7) is 5.10. The summed E-state index contributed by atoms with van der Waals surface area (Å²) < 4.78 is 21.7. The first-order valence-corrected chi connectivity index (χ1v) is 7.29. The van der Waals surface area contributed by atoms with Gasteiger partial charge in [0.05, 0.1) is 19.3 Å². The van der Waals surface area contributed by atoms with Crippen LogP contribution in [-0.4, -0.2) is 46.5 Å². The molecule has 0 aromatic heterocycles. The molecule has 1 amide bonds. The van der Waals surface area contributed by atoms with Gasteiger partial charge in [-0.25, -0.2) is 4.72 Å². The number of thiol groups is 1. The van der Waals surface area contributed by atoms with Crippen molar-refractivity contribution in [3.05, 3.63) is 0 Å². The third-order valence-corrected chi connectivity index (χ3v) is 4.57. The number of amides is 1. The molecular formula is C9H20N2O3S. The Hall–Kier alpha value is -0.460. The lowest BCUT2D eigenvalue weighted by Gasteiger charge is -2.39. The maximum absolute atomic E-state index is 12.3. The largest absolute Gasteiger partial charge is 0.378 e. The van der Waals surface area contributed by atoms with Gasteiger partial charge in [0, 0.05) is 30.0 Å². The third-order valence-electron chi connectivity index (χ3n) is 2.32. The zero-order chi connectivity index (χ0) is 11.5. The van der Waals surface area contributed by atoms with E-state index in [1.54, 1.807) is 6.26 Å². The highest BCUT2D eigenvalue weighted by Crippen LogP contribution is 2.11. The van der Waals surface area contributed by atoms with E-state index < -0.39 is 10.3 Å². The summed E-state index contributed by atoms with van der Waals surface area (Å²) >= 11 is 0. The van der Waals surface area contributed by atoms with Gasteiger partial charge in [0.15, 0.2) is 0 Å². The van der Waals surface area contributed by atoms with Crippen LogP contribution in [0, 0.1) is 0 Å². The third kappa shape index (κ3) is 3.25. The number of hydrogen-bond donors (Lipinski definition) is 2. The van der Waals surface area contributed by atoms with Crippen molar-refractivity contribution in [2.24, 2.45) is 0 Å². The van der Waals surface area contributed by atoms with Crippen LogP contribution < -0.4 is 4.72 Å². The van der Waals surface area contributed by atoms with Crippen molar-refractivity contribution in [3.8, 4) is 0 Å². The molecule has 0 unspecified atom stereocenters. The second-order valence-corrected chi connectivity index (χ2v) is 6.38. The highest BCUT2D eigenvalue weighted by molar-refractivity contribution is 7.98. The van der Waals surface area contributed by atoms with Gasteiger partial charge in [-0.2, -0.15) is 0 Å². The maximum Gasteiger partial charge on any atom is 0.230 e. The summed E-state index contributed by atoms with van der Waals surface area (Å²) in [5, 5.41) is 0. The van der Waals surface area contributed by atoms with Gasteiger partial charge in [-0.05, 0) is 6.42 Å². The summed E-state index contributed by atoms with van der Waals surface area (Å²) in [6.07, 6.45) is 2.41. The number of carbonyl (C=O) groups is 1. The van der Waals surface area contributed by atoms with Gasteiger partial charge in [-0.15, -0.1) is 0 Å². The Morgan fingerprint density at radius 2 is 2.20 bits per heavy atom. The van der Waals surface area contributed by atoms with Crippen LogP contribution in [0.25, 0.3) is 0 Å². The lowest BCUT2D eigenvalue weighted by atomic mass is 10.3. The van der Waals surface area contributed by atoms with E-state index in [-0.39, 0.29) is 11.9 Å². The van der Waals surface area contributed by atoms with Crippen molar-refractivity contribution in [1.82, 2.24) is 9.03 Å². The van der Waals surface area contributed by atoms with Gasteiger partial charge in [0.25, 0.3) is 0 Å². The van der Waals surface area contributed by atoms with Crippen LogP contribution in [0.3, 0.4) is 0 Å². The summed E-state index contributed by atoms with van der Waals surface area (Å²) in [6, 6.07) is 0.125. The van der Waals surface area contributed by atoms with Crippen LogP contribution >= 0.6 is 0 Å². The maximum atomic E-state index is 12.3. The number of hydrogen-bond acceptors (Lipinski definition) is 3. The number of ether oxygens (including phenoxy) is 1. The fraction of sp³-hybridized carbons (Fsp3) is 0.889. The molecule has 0 spiro atoms. The highest BCUT2D eigenvalue weighted by Gasteiger charge is 2.27. The Balaban J connectivity index is 2.61. The smallest absolute Gasteiger partial charge is 0.230 e. The topological polar surface area (TPSA) is 58.6 Å². The summed E-state index contributed by atoms with van der Waals surface area (Å²) in [7, 11) is -2.74. The molecule has 1 saturated heterocycles. The van der Waals surface area contributed by atoms with Gasteiger partial charge >= 0.3 is 0 Å². The van der Waals surface area contributed by atoms with E-state index in [2.05, 4.69) is 4.72 Å². The Morgan fingerprint density at radius 1 is 1.60 bits per heavy atom. The number of nitrogens with one attached hydrogen (secondary N) is 1. The predicted molar refractivity (Wildman–Crippen MR) is 60.9 cm³/mol. The van der Waals surface area contributed by atoms with E-state index >= 15 is 0 Å². The van der Waals surface area contributed by atoms with Crippen molar-refractivity contribution >= 4 is 16.2 Å². The van der Waals surface area contributed by atoms with E-state index in [0.717, 1.165) is 6.42 Å². The van der Waals surface area contributed by atoms with E-state index in [0.29, 0.717) is 19.8 Å². The predicted octanol–water partition coefficient (Wildman–Crippen LogP) is -0.290. The van der Waals surface area contributed by atoms with E-state index in [1.165, 1.54) is 11.2 Å². The molecule has 0 radical (unpaired) electrons. The summed E-state index contributed by atoms with van der Waals surface area (Å²) in [4.78, 5) is 11.4. The molecule has 6 heteroatoms. The second kappa shape index (κ2) is 5.05.